The summed E-state index contributed by atoms with van der Waals surface area (Å²) in [5.74, 6) is -1.66. The quantitative estimate of drug-likeness (QED) is 0.680. The van der Waals surface area contributed by atoms with E-state index in [0.29, 0.717) is 12.0 Å². The van der Waals surface area contributed by atoms with E-state index in [0.717, 1.165) is 5.56 Å². The maximum Gasteiger partial charge on any atom is 0.325 e. The first-order valence-corrected chi connectivity index (χ1v) is 11.2. The van der Waals surface area contributed by atoms with Gasteiger partial charge in [0.15, 0.2) is 16.4 Å². The van der Waals surface area contributed by atoms with Crippen molar-refractivity contribution in [1.82, 2.24) is 10.2 Å². The minimum Gasteiger partial charge on any atom is -0.454 e. The lowest BCUT2D eigenvalue weighted by molar-refractivity contribution is -0.151. The fraction of sp³-hybridized carbons (Fsp3) is 0.550. The molecule has 0 aliphatic carbocycles. The average Bonchev–Trinajstić information content (AvgIpc) is 3.02. The summed E-state index contributed by atoms with van der Waals surface area (Å²) >= 11 is 0. The van der Waals surface area contributed by atoms with Gasteiger partial charge in [-0.15, -0.1) is 0 Å². The van der Waals surface area contributed by atoms with Gasteiger partial charge in [-0.1, -0.05) is 32.9 Å². The first kappa shape index (κ1) is 22.9. The largest absolute Gasteiger partial charge is 0.454 e. The van der Waals surface area contributed by atoms with Crippen LogP contribution in [0.1, 0.15) is 43.1 Å². The monoisotopic (exact) mass is 424 g/mol. The summed E-state index contributed by atoms with van der Waals surface area (Å²) in [5, 5.41) is 2.46. The van der Waals surface area contributed by atoms with E-state index in [4.69, 9.17) is 4.74 Å². The molecule has 0 radical (unpaired) electrons. The van der Waals surface area contributed by atoms with Crippen LogP contribution in [-0.4, -0.2) is 68.8 Å². The number of carbonyl (C=O) groups is 3. The highest BCUT2D eigenvalue weighted by molar-refractivity contribution is 7.91. The van der Waals surface area contributed by atoms with Crippen molar-refractivity contribution in [3.8, 4) is 0 Å². The van der Waals surface area contributed by atoms with Crippen molar-refractivity contribution in [2.45, 2.75) is 38.6 Å². The summed E-state index contributed by atoms with van der Waals surface area (Å²) in [4.78, 5) is 37.3. The molecule has 160 valence electrons. The molecular formula is C20H28N2O6S. The van der Waals surface area contributed by atoms with Crippen molar-refractivity contribution in [3.63, 3.8) is 0 Å². The molecule has 2 amide bonds. The Kier molecular flexibility index (Phi) is 7.05. The minimum atomic E-state index is -3.11. The van der Waals surface area contributed by atoms with Gasteiger partial charge in [-0.05, 0) is 29.5 Å². The molecule has 1 heterocycles. The Morgan fingerprint density at radius 3 is 2.31 bits per heavy atom. The van der Waals surface area contributed by atoms with E-state index in [-0.39, 0.29) is 23.5 Å². The van der Waals surface area contributed by atoms with Crippen LogP contribution in [0.2, 0.25) is 0 Å². The molecule has 29 heavy (non-hydrogen) atoms. The van der Waals surface area contributed by atoms with E-state index >= 15 is 0 Å². The van der Waals surface area contributed by atoms with Crippen molar-refractivity contribution in [2.24, 2.45) is 0 Å². The Labute approximate surface area is 171 Å². The summed E-state index contributed by atoms with van der Waals surface area (Å²) in [6.45, 7) is 5.35. The third-order valence-electron chi connectivity index (χ3n) is 4.91. The molecule has 1 aromatic rings. The second-order valence-corrected chi connectivity index (χ2v) is 10.5. The molecule has 1 atom stereocenters. The SMILES string of the molecule is CN(C(=O)COC(=O)CNC(=O)c1ccc(C(C)(C)C)cc1)C1CCS(=O)(=O)C1. The standard InChI is InChI=1S/C20H28N2O6S/c1-20(2,3)15-7-5-14(6-8-15)19(25)21-11-18(24)28-12-17(23)22(4)16-9-10-29(26,27)13-16/h5-8,16H,9-13H2,1-4H3,(H,21,25). The van der Waals surface area contributed by atoms with Crippen LogP contribution >= 0.6 is 0 Å². The topological polar surface area (TPSA) is 110 Å². The minimum absolute atomic E-state index is 0.0266. The highest BCUT2D eigenvalue weighted by Crippen LogP contribution is 2.22. The van der Waals surface area contributed by atoms with Crippen LogP contribution in [0.4, 0.5) is 0 Å². The molecule has 0 aromatic heterocycles. The van der Waals surface area contributed by atoms with E-state index in [1.54, 1.807) is 12.1 Å². The number of sulfone groups is 1. The summed E-state index contributed by atoms with van der Waals surface area (Å²) in [6, 6.07) is 6.71. The van der Waals surface area contributed by atoms with Crippen molar-refractivity contribution in [1.29, 1.82) is 0 Å². The molecule has 0 bridgehead atoms. The average molecular weight is 425 g/mol. The highest BCUT2D eigenvalue weighted by atomic mass is 32.2. The Bertz CT molecular complexity index is 871. The molecule has 1 N–H and O–H groups in total. The number of esters is 1. The fourth-order valence-electron chi connectivity index (χ4n) is 2.96. The zero-order chi connectivity index (χ0) is 21.8. The van der Waals surface area contributed by atoms with Gasteiger partial charge in [0.1, 0.15) is 6.54 Å². The molecular weight excluding hydrogens is 396 g/mol. The first-order valence-electron chi connectivity index (χ1n) is 9.39. The van der Waals surface area contributed by atoms with E-state index in [2.05, 4.69) is 26.1 Å². The maximum absolute atomic E-state index is 12.1. The molecule has 1 fully saturated rings. The molecule has 1 saturated heterocycles. The molecule has 1 aromatic carbocycles. The van der Waals surface area contributed by atoms with Crippen molar-refractivity contribution < 1.29 is 27.5 Å². The van der Waals surface area contributed by atoms with E-state index < -0.39 is 40.3 Å². The number of nitrogens with one attached hydrogen (secondary N) is 1. The summed E-state index contributed by atoms with van der Waals surface area (Å²) in [5.41, 5.74) is 1.48. The molecule has 1 aliphatic rings. The zero-order valence-electron chi connectivity index (χ0n) is 17.2. The molecule has 0 saturated carbocycles. The van der Waals surface area contributed by atoms with E-state index in [1.807, 2.05) is 12.1 Å². The smallest absolute Gasteiger partial charge is 0.325 e. The van der Waals surface area contributed by atoms with Crippen LogP contribution in [0.15, 0.2) is 24.3 Å². The van der Waals surface area contributed by atoms with E-state index in [9.17, 15) is 22.8 Å². The predicted molar refractivity (Wildman–Crippen MR) is 108 cm³/mol. The summed E-state index contributed by atoms with van der Waals surface area (Å²) in [6.07, 6.45) is 0.378. The van der Waals surface area contributed by atoms with Gasteiger partial charge < -0.3 is 15.0 Å². The van der Waals surface area contributed by atoms with Crippen molar-refractivity contribution >= 4 is 27.6 Å². The van der Waals surface area contributed by atoms with Gasteiger partial charge in [0, 0.05) is 18.7 Å². The normalized spacial score (nSPS) is 18.1. The van der Waals surface area contributed by atoms with E-state index in [1.165, 1.54) is 11.9 Å². The fourth-order valence-corrected chi connectivity index (χ4v) is 4.73. The van der Waals surface area contributed by atoms with Gasteiger partial charge in [-0.2, -0.15) is 0 Å². The summed E-state index contributed by atoms with van der Waals surface area (Å²) in [7, 11) is -1.62. The first-order chi connectivity index (χ1) is 13.4. The lowest BCUT2D eigenvalue weighted by Gasteiger charge is -2.23. The second-order valence-electron chi connectivity index (χ2n) is 8.23. The van der Waals surface area contributed by atoms with Gasteiger partial charge in [0.25, 0.3) is 11.8 Å². The van der Waals surface area contributed by atoms with Crippen molar-refractivity contribution in [2.75, 3.05) is 31.7 Å². The number of likely N-dealkylation sites (N-methyl/N-ethyl adjacent to an activating group) is 1. The van der Waals surface area contributed by atoms with Crippen molar-refractivity contribution in [3.05, 3.63) is 35.4 Å². The van der Waals surface area contributed by atoms with Crippen LogP contribution in [0.25, 0.3) is 0 Å². The number of benzene rings is 1. The number of rotatable bonds is 6. The van der Waals surface area contributed by atoms with Gasteiger partial charge in [0.05, 0.1) is 11.5 Å². The van der Waals surface area contributed by atoms with Crippen LogP contribution in [-0.2, 0) is 29.6 Å². The van der Waals surface area contributed by atoms with Gasteiger partial charge in [0.2, 0.25) is 0 Å². The van der Waals surface area contributed by atoms with Crippen LogP contribution in [0, 0.1) is 0 Å². The number of hydrogen-bond acceptors (Lipinski definition) is 6. The number of ether oxygens (including phenoxy) is 1. The Morgan fingerprint density at radius 1 is 1.17 bits per heavy atom. The molecule has 8 nitrogen and oxygen atoms in total. The van der Waals surface area contributed by atoms with Crippen LogP contribution in [0.3, 0.4) is 0 Å². The molecule has 2 rings (SSSR count). The zero-order valence-corrected chi connectivity index (χ0v) is 18.0. The lowest BCUT2D eigenvalue weighted by Crippen LogP contribution is -2.41. The molecule has 0 spiro atoms. The number of amides is 2. The third kappa shape index (κ3) is 6.56. The number of carbonyl (C=O) groups excluding carboxylic acids is 3. The Balaban J connectivity index is 1.76. The molecule has 1 aliphatic heterocycles. The Morgan fingerprint density at radius 2 is 1.79 bits per heavy atom. The molecule has 1 unspecified atom stereocenters. The lowest BCUT2D eigenvalue weighted by atomic mass is 9.87. The second kappa shape index (κ2) is 8.94. The van der Waals surface area contributed by atoms with Gasteiger partial charge in [-0.25, -0.2) is 8.42 Å². The highest BCUT2D eigenvalue weighted by Gasteiger charge is 2.32. The maximum atomic E-state index is 12.1. The molecule has 9 heteroatoms. The predicted octanol–water partition coefficient (Wildman–Crippen LogP) is 0.903. The number of nitrogens with zero attached hydrogens (tertiary/aromatic N) is 1. The Hall–Kier alpha value is -2.42. The third-order valence-corrected chi connectivity index (χ3v) is 6.66. The van der Waals surface area contributed by atoms with Gasteiger partial charge in [-0.3, -0.25) is 14.4 Å². The van der Waals surface area contributed by atoms with Crippen LogP contribution in [0.5, 0.6) is 0 Å². The number of hydrogen-bond donors (Lipinski definition) is 1. The van der Waals surface area contributed by atoms with Gasteiger partial charge >= 0.3 is 5.97 Å². The van der Waals surface area contributed by atoms with Crippen LogP contribution < -0.4 is 5.32 Å². The summed E-state index contributed by atoms with van der Waals surface area (Å²) < 4.78 is 27.9.